The lowest BCUT2D eigenvalue weighted by molar-refractivity contribution is -0.386. The van der Waals surface area contributed by atoms with Gasteiger partial charge in [-0.25, -0.2) is 22.0 Å². The number of hydrogen-bond acceptors (Lipinski definition) is 9. The summed E-state index contributed by atoms with van der Waals surface area (Å²) in [6.45, 7) is -0.683. The molecule has 0 aliphatic rings. The molecule has 0 heterocycles. The normalized spacial score (nSPS) is 13.4. The van der Waals surface area contributed by atoms with E-state index in [9.17, 15) is 45.2 Å². The number of alkyl halides is 3. The van der Waals surface area contributed by atoms with Gasteiger partial charge in [0, 0.05) is 18.3 Å². The molecule has 0 aromatic heterocycles. The number of hydrogen-bond donors (Lipinski definition) is 3. The first-order valence-electron chi connectivity index (χ1n) is 8.40. The Kier molecular flexibility index (Phi) is 7.33. The van der Waals surface area contributed by atoms with Gasteiger partial charge >= 0.3 is 11.2 Å². The van der Waals surface area contributed by atoms with Crippen LogP contribution in [-0.2, 0) is 19.9 Å². The first-order chi connectivity index (χ1) is 14.6. The number of benzene rings is 2. The quantitative estimate of drug-likeness (QED) is 0.339. The average molecular weight is 499 g/mol. The van der Waals surface area contributed by atoms with Crippen LogP contribution >= 0.6 is 0 Å². The summed E-state index contributed by atoms with van der Waals surface area (Å²) >= 11 is 0. The Morgan fingerprint density at radius 2 is 1.66 bits per heavy atom. The molecule has 1 atom stereocenters. The minimum atomic E-state index is -5.80. The number of nitrogens with two attached hydrogens (primary N) is 1. The fourth-order valence-electron chi connectivity index (χ4n) is 2.31. The number of anilines is 1. The zero-order valence-corrected chi connectivity index (χ0v) is 17.4. The van der Waals surface area contributed by atoms with Gasteiger partial charge in [-0.2, -0.15) is 13.2 Å². The third-order valence-corrected chi connectivity index (χ3v) is 6.31. The standard InChI is InChI=1S/C16H16F3N3O8S2/c17-16(18,19)31(26,27)13-5-6-15(14(7-13)22(24)25)30-9-11(23)8-21-10-1-3-12(4-2-10)32(20,28)29/h1-7,11,21,23H,8-9H2,(H2,20,28,29). The van der Waals surface area contributed by atoms with Crippen molar-refractivity contribution in [3.63, 3.8) is 0 Å². The maximum Gasteiger partial charge on any atom is 0.501 e. The molecule has 0 fully saturated rings. The van der Waals surface area contributed by atoms with E-state index in [-0.39, 0.29) is 17.5 Å². The third kappa shape index (κ3) is 6.06. The van der Waals surface area contributed by atoms with Gasteiger partial charge in [-0.05, 0) is 36.4 Å². The number of sulfonamides is 1. The number of aliphatic hydroxyl groups excluding tert-OH is 1. The molecule has 0 amide bonds. The van der Waals surface area contributed by atoms with Crippen LogP contribution in [0.15, 0.2) is 52.3 Å². The number of aliphatic hydroxyl groups is 1. The summed E-state index contributed by atoms with van der Waals surface area (Å²) in [5, 5.41) is 28.8. The maximum absolute atomic E-state index is 12.6. The molecule has 32 heavy (non-hydrogen) atoms. The van der Waals surface area contributed by atoms with Crippen LogP contribution in [0.4, 0.5) is 24.5 Å². The van der Waals surface area contributed by atoms with Crippen molar-refractivity contribution < 1.29 is 44.8 Å². The Hall–Kier alpha value is -2.95. The van der Waals surface area contributed by atoms with Crippen LogP contribution in [0.3, 0.4) is 0 Å². The number of nitro benzene ring substituents is 1. The van der Waals surface area contributed by atoms with Gasteiger partial charge in [0.05, 0.1) is 14.7 Å². The highest BCUT2D eigenvalue weighted by Crippen LogP contribution is 2.35. The number of rotatable bonds is 9. The highest BCUT2D eigenvalue weighted by atomic mass is 32.2. The first-order valence-corrected chi connectivity index (χ1v) is 11.4. The molecule has 1 unspecified atom stereocenters. The van der Waals surface area contributed by atoms with Crippen LogP contribution in [0.5, 0.6) is 5.75 Å². The molecule has 0 saturated heterocycles. The lowest BCUT2D eigenvalue weighted by Crippen LogP contribution is -2.26. The number of nitrogens with one attached hydrogen (secondary N) is 1. The van der Waals surface area contributed by atoms with Crippen LogP contribution in [0, 0.1) is 10.1 Å². The molecule has 0 spiro atoms. The van der Waals surface area contributed by atoms with Crippen molar-refractivity contribution in [2.75, 3.05) is 18.5 Å². The molecule has 2 aromatic carbocycles. The number of nitro groups is 1. The molecular weight excluding hydrogens is 483 g/mol. The molecule has 2 aromatic rings. The first kappa shape index (κ1) is 25.3. The third-order valence-electron chi connectivity index (χ3n) is 3.90. The van der Waals surface area contributed by atoms with E-state index in [1.807, 2.05) is 0 Å². The van der Waals surface area contributed by atoms with E-state index in [1.165, 1.54) is 24.3 Å². The lowest BCUT2D eigenvalue weighted by Gasteiger charge is -2.15. The van der Waals surface area contributed by atoms with Gasteiger partial charge in [0.25, 0.3) is 9.84 Å². The van der Waals surface area contributed by atoms with Gasteiger partial charge in [0.2, 0.25) is 10.0 Å². The highest BCUT2D eigenvalue weighted by Gasteiger charge is 2.47. The predicted molar refractivity (Wildman–Crippen MR) is 104 cm³/mol. The van der Waals surface area contributed by atoms with Gasteiger partial charge in [0.15, 0.2) is 5.75 Å². The van der Waals surface area contributed by atoms with Crippen LogP contribution < -0.4 is 15.2 Å². The van der Waals surface area contributed by atoms with E-state index < -0.39 is 59.3 Å². The second-order valence-electron chi connectivity index (χ2n) is 6.25. The summed E-state index contributed by atoms with van der Waals surface area (Å²) in [6, 6.07) is 6.60. The largest absolute Gasteiger partial charge is 0.501 e. The Morgan fingerprint density at radius 3 is 2.16 bits per heavy atom. The number of ether oxygens (including phenoxy) is 1. The van der Waals surface area contributed by atoms with Crippen LogP contribution in [0.25, 0.3) is 0 Å². The molecule has 0 saturated carbocycles. The Morgan fingerprint density at radius 1 is 1.09 bits per heavy atom. The number of halogens is 3. The molecule has 0 aliphatic heterocycles. The fourth-order valence-corrected chi connectivity index (χ4v) is 3.60. The number of primary sulfonamides is 1. The average Bonchev–Trinajstić information content (AvgIpc) is 2.69. The molecule has 0 radical (unpaired) electrons. The van der Waals surface area contributed by atoms with Crippen LogP contribution in [0.2, 0.25) is 0 Å². The zero-order valence-electron chi connectivity index (χ0n) is 15.8. The number of sulfone groups is 1. The molecule has 2 rings (SSSR count). The van der Waals surface area contributed by atoms with Crippen molar-refractivity contribution >= 4 is 31.2 Å². The van der Waals surface area contributed by atoms with Crippen molar-refractivity contribution in [3.8, 4) is 5.75 Å². The molecular formula is C16H16F3N3O8S2. The summed E-state index contributed by atoms with van der Waals surface area (Å²) in [6.07, 6.45) is -1.26. The molecule has 0 aliphatic carbocycles. The topological polar surface area (TPSA) is 179 Å². The van der Waals surface area contributed by atoms with Crippen molar-refractivity contribution in [1.29, 1.82) is 0 Å². The van der Waals surface area contributed by atoms with E-state index in [2.05, 4.69) is 5.32 Å². The lowest BCUT2D eigenvalue weighted by atomic mass is 10.3. The molecule has 16 heteroatoms. The monoisotopic (exact) mass is 499 g/mol. The van der Waals surface area contributed by atoms with Crippen LogP contribution in [-0.4, -0.2) is 51.6 Å². The summed E-state index contributed by atoms with van der Waals surface area (Å²) in [5.41, 5.74) is -6.27. The highest BCUT2D eigenvalue weighted by molar-refractivity contribution is 7.92. The van der Waals surface area contributed by atoms with E-state index >= 15 is 0 Å². The fraction of sp³-hybridized carbons (Fsp3) is 0.250. The second-order valence-corrected chi connectivity index (χ2v) is 9.75. The van der Waals surface area contributed by atoms with Gasteiger partial charge in [0.1, 0.15) is 12.7 Å². The van der Waals surface area contributed by atoms with Gasteiger partial charge in [-0.3, -0.25) is 10.1 Å². The van der Waals surface area contributed by atoms with Crippen molar-refractivity contribution in [3.05, 3.63) is 52.6 Å². The molecule has 4 N–H and O–H groups in total. The SMILES string of the molecule is NS(=O)(=O)c1ccc(NCC(O)COc2ccc(S(=O)(=O)C(F)(F)F)cc2[N+](=O)[O-])cc1. The number of nitrogens with zero attached hydrogens (tertiary/aromatic N) is 1. The minimum absolute atomic E-state index is 0.129. The Balaban J connectivity index is 2.05. The summed E-state index contributed by atoms with van der Waals surface area (Å²) < 4.78 is 88.2. The van der Waals surface area contributed by atoms with Crippen molar-refractivity contribution in [1.82, 2.24) is 0 Å². The van der Waals surface area contributed by atoms with Gasteiger partial charge in [-0.1, -0.05) is 0 Å². The molecule has 0 bridgehead atoms. The van der Waals surface area contributed by atoms with E-state index in [0.29, 0.717) is 17.8 Å². The summed E-state index contributed by atoms with van der Waals surface area (Å²) in [4.78, 5) is 8.55. The van der Waals surface area contributed by atoms with Gasteiger partial charge < -0.3 is 15.2 Å². The molecule has 11 nitrogen and oxygen atoms in total. The summed E-state index contributed by atoms with van der Waals surface area (Å²) in [7, 11) is -9.67. The Labute approximate surface area is 179 Å². The molecule has 176 valence electrons. The Bertz CT molecular complexity index is 1200. The minimum Gasteiger partial charge on any atom is -0.484 e. The zero-order chi connectivity index (χ0) is 24.3. The van der Waals surface area contributed by atoms with Crippen molar-refractivity contribution in [2.45, 2.75) is 21.4 Å². The smallest absolute Gasteiger partial charge is 0.484 e. The maximum atomic E-state index is 12.6. The summed E-state index contributed by atoms with van der Waals surface area (Å²) in [5.74, 6) is -0.548. The van der Waals surface area contributed by atoms with E-state index in [0.717, 1.165) is 0 Å². The van der Waals surface area contributed by atoms with E-state index in [4.69, 9.17) is 9.88 Å². The van der Waals surface area contributed by atoms with E-state index in [1.54, 1.807) is 0 Å². The second kappa shape index (κ2) is 9.27. The predicted octanol–water partition coefficient (Wildman–Crippen LogP) is 1.39. The van der Waals surface area contributed by atoms with Gasteiger partial charge in [-0.15, -0.1) is 0 Å². The van der Waals surface area contributed by atoms with Crippen LogP contribution in [0.1, 0.15) is 0 Å². The van der Waals surface area contributed by atoms with Crippen molar-refractivity contribution in [2.24, 2.45) is 5.14 Å².